The molecule has 1 aliphatic heterocycles. The largest absolute Gasteiger partial charge is 0.496 e. The Morgan fingerprint density at radius 2 is 1.97 bits per heavy atom. The number of benzene rings is 1. The van der Waals surface area contributed by atoms with Crippen molar-refractivity contribution in [1.82, 2.24) is 19.7 Å². The third-order valence-electron chi connectivity index (χ3n) is 4.91. The molecule has 2 rings (SSSR count). The van der Waals surface area contributed by atoms with Gasteiger partial charge < -0.3 is 15.4 Å². The predicted octanol–water partition coefficient (Wildman–Crippen LogP) is 2.30. The minimum atomic E-state index is -3.63. The molecule has 1 aromatic rings. The van der Waals surface area contributed by atoms with Crippen LogP contribution >= 0.6 is 23.8 Å². The number of rotatable bonds is 9. The van der Waals surface area contributed by atoms with Crippen molar-refractivity contribution < 1.29 is 17.9 Å². The molecule has 1 fully saturated rings. The lowest BCUT2D eigenvalue weighted by Gasteiger charge is -2.31. The number of hydrogen-bond acceptors (Lipinski definition) is 5. The topological polar surface area (TPSA) is 99.8 Å². The highest BCUT2D eigenvalue weighted by molar-refractivity contribution is 7.89. The molecule has 0 radical (unpaired) electrons. The minimum Gasteiger partial charge on any atom is -0.496 e. The number of amides is 1. The van der Waals surface area contributed by atoms with Crippen LogP contribution < -0.4 is 20.1 Å². The molecule has 0 saturated carbocycles. The smallest absolute Gasteiger partial charge is 0.303 e. The van der Waals surface area contributed by atoms with Crippen LogP contribution in [0.1, 0.15) is 43.0 Å². The Hall–Kier alpha value is -1.62. The second kappa shape index (κ2) is 11.7. The number of methoxy groups -OCH3 is 1. The van der Waals surface area contributed by atoms with E-state index < -0.39 is 10.2 Å². The van der Waals surface area contributed by atoms with Crippen molar-refractivity contribution in [2.75, 3.05) is 33.3 Å². The highest BCUT2D eigenvalue weighted by atomic mass is 35.5. The van der Waals surface area contributed by atoms with E-state index in [1.54, 1.807) is 18.2 Å². The zero-order valence-corrected chi connectivity index (χ0v) is 19.6. The van der Waals surface area contributed by atoms with E-state index in [4.69, 9.17) is 28.6 Å². The summed E-state index contributed by atoms with van der Waals surface area (Å²) in [5, 5.41) is 6.33. The molecule has 0 unspecified atom stereocenters. The summed E-state index contributed by atoms with van der Waals surface area (Å²) in [6.45, 7) is 3.94. The average Bonchev–Trinajstić information content (AvgIpc) is 2.72. The van der Waals surface area contributed by atoms with E-state index in [1.165, 1.54) is 11.4 Å². The van der Waals surface area contributed by atoms with E-state index in [1.807, 2.05) is 6.92 Å². The van der Waals surface area contributed by atoms with Crippen molar-refractivity contribution in [2.24, 2.45) is 5.92 Å². The molecule has 1 amide bonds. The summed E-state index contributed by atoms with van der Waals surface area (Å²) in [5.74, 6) is 0.559. The number of piperidine rings is 1. The van der Waals surface area contributed by atoms with Crippen LogP contribution in [-0.2, 0) is 10.2 Å². The SMILES string of the molecule is CCCNC(=S)NS(=O)(=O)N1CCC(CCNC(=O)c2cc(Cl)ccc2OC)CC1. The number of carbonyl (C=O) groups excluding carboxylic acids is 1. The molecular weight excluding hydrogens is 448 g/mol. The maximum atomic E-state index is 12.4. The first-order valence-electron chi connectivity index (χ1n) is 9.94. The first-order valence-corrected chi connectivity index (χ1v) is 12.2. The molecule has 168 valence electrons. The molecule has 1 saturated heterocycles. The Bertz CT molecular complexity index is 843. The molecule has 3 N–H and O–H groups in total. The van der Waals surface area contributed by atoms with Gasteiger partial charge in [0.1, 0.15) is 5.75 Å². The van der Waals surface area contributed by atoms with Crippen LogP contribution in [0.25, 0.3) is 0 Å². The molecule has 11 heteroatoms. The maximum absolute atomic E-state index is 12.4. The van der Waals surface area contributed by atoms with Crippen molar-refractivity contribution in [3.8, 4) is 5.75 Å². The lowest BCUT2D eigenvalue weighted by molar-refractivity contribution is 0.0947. The number of carbonyl (C=O) groups is 1. The Kier molecular flexibility index (Phi) is 9.60. The Labute approximate surface area is 188 Å². The summed E-state index contributed by atoms with van der Waals surface area (Å²) in [5.41, 5.74) is 0.393. The summed E-state index contributed by atoms with van der Waals surface area (Å²) in [6, 6.07) is 4.90. The zero-order valence-electron chi connectivity index (χ0n) is 17.2. The van der Waals surface area contributed by atoms with Crippen molar-refractivity contribution in [3.05, 3.63) is 28.8 Å². The quantitative estimate of drug-likeness (QED) is 0.473. The van der Waals surface area contributed by atoms with Crippen molar-refractivity contribution in [1.29, 1.82) is 0 Å². The van der Waals surface area contributed by atoms with Crippen LogP contribution in [-0.4, -0.2) is 57.0 Å². The van der Waals surface area contributed by atoms with Gasteiger partial charge >= 0.3 is 10.2 Å². The Morgan fingerprint density at radius 1 is 1.27 bits per heavy atom. The highest BCUT2D eigenvalue weighted by Gasteiger charge is 2.28. The summed E-state index contributed by atoms with van der Waals surface area (Å²) in [7, 11) is -2.13. The number of ether oxygens (including phenoxy) is 1. The lowest BCUT2D eigenvalue weighted by atomic mass is 9.95. The van der Waals surface area contributed by atoms with E-state index in [0.717, 1.165) is 25.7 Å². The number of hydrogen-bond donors (Lipinski definition) is 3. The van der Waals surface area contributed by atoms with Gasteiger partial charge in [-0.05, 0) is 62.0 Å². The van der Waals surface area contributed by atoms with Crippen molar-refractivity contribution >= 4 is 45.0 Å². The van der Waals surface area contributed by atoms with Crippen LogP contribution in [0, 0.1) is 5.92 Å². The van der Waals surface area contributed by atoms with Gasteiger partial charge in [-0.3, -0.25) is 4.79 Å². The lowest BCUT2D eigenvalue weighted by Crippen LogP contribution is -2.49. The number of nitrogens with one attached hydrogen (secondary N) is 3. The van der Waals surface area contributed by atoms with Gasteiger partial charge in [-0.25, -0.2) is 4.72 Å². The standard InChI is InChI=1S/C19H29ClN4O4S2/c1-3-9-22-19(29)23-30(26,27)24-11-7-14(8-12-24)6-10-21-18(25)16-13-15(20)4-5-17(16)28-2/h4-5,13-14H,3,6-12H2,1-2H3,(H,21,25)(H2,22,23,29). The van der Waals surface area contributed by atoms with Gasteiger partial charge in [0.05, 0.1) is 12.7 Å². The summed E-state index contributed by atoms with van der Waals surface area (Å²) < 4.78 is 33.9. The van der Waals surface area contributed by atoms with Gasteiger partial charge in [0, 0.05) is 31.2 Å². The minimum absolute atomic E-state index is 0.123. The second-order valence-corrected chi connectivity index (χ2v) is 9.61. The van der Waals surface area contributed by atoms with Crippen LogP contribution in [0.2, 0.25) is 5.02 Å². The molecule has 30 heavy (non-hydrogen) atoms. The second-order valence-electron chi connectivity index (χ2n) is 7.09. The molecular formula is C19H29ClN4O4S2. The maximum Gasteiger partial charge on any atom is 0.303 e. The first kappa shape index (κ1) is 24.6. The normalized spacial score (nSPS) is 15.4. The fraction of sp³-hybridized carbons (Fsp3) is 0.579. The summed E-state index contributed by atoms with van der Waals surface area (Å²) in [4.78, 5) is 12.4. The predicted molar refractivity (Wildman–Crippen MR) is 122 cm³/mol. The highest BCUT2D eigenvalue weighted by Crippen LogP contribution is 2.24. The van der Waals surface area contributed by atoms with Gasteiger partial charge in [-0.15, -0.1) is 0 Å². The van der Waals surface area contributed by atoms with E-state index in [-0.39, 0.29) is 11.0 Å². The molecule has 0 aliphatic carbocycles. The van der Waals surface area contributed by atoms with Gasteiger partial charge in [0.15, 0.2) is 5.11 Å². The van der Waals surface area contributed by atoms with Crippen LogP contribution in [0.3, 0.4) is 0 Å². The van der Waals surface area contributed by atoms with Gasteiger partial charge in [-0.1, -0.05) is 18.5 Å². The average molecular weight is 477 g/mol. The van der Waals surface area contributed by atoms with Gasteiger partial charge in [-0.2, -0.15) is 12.7 Å². The molecule has 1 aromatic carbocycles. The van der Waals surface area contributed by atoms with Gasteiger partial charge in [0.25, 0.3) is 5.91 Å². The first-order chi connectivity index (χ1) is 14.3. The van der Waals surface area contributed by atoms with Crippen LogP contribution in [0.5, 0.6) is 5.75 Å². The third kappa shape index (κ3) is 7.26. The Morgan fingerprint density at radius 3 is 2.60 bits per heavy atom. The zero-order chi connectivity index (χ0) is 22.1. The summed E-state index contributed by atoms with van der Waals surface area (Å²) >= 11 is 11.0. The van der Waals surface area contributed by atoms with Crippen LogP contribution in [0.4, 0.5) is 0 Å². The van der Waals surface area contributed by atoms with E-state index in [2.05, 4.69) is 15.4 Å². The van der Waals surface area contributed by atoms with Crippen molar-refractivity contribution in [3.63, 3.8) is 0 Å². The fourth-order valence-electron chi connectivity index (χ4n) is 3.24. The van der Waals surface area contributed by atoms with Crippen molar-refractivity contribution in [2.45, 2.75) is 32.6 Å². The van der Waals surface area contributed by atoms with Crippen LogP contribution in [0.15, 0.2) is 18.2 Å². The van der Waals surface area contributed by atoms with E-state index in [0.29, 0.717) is 48.4 Å². The molecule has 1 aliphatic rings. The molecule has 0 aromatic heterocycles. The number of nitrogens with zero attached hydrogens (tertiary/aromatic N) is 1. The monoisotopic (exact) mass is 476 g/mol. The third-order valence-corrected chi connectivity index (χ3v) is 7.03. The van der Waals surface area contributed by atoms with E-state index in [9.17, 15) is 13.2 Å². The molecule has 0 atom stereocenters. The molecule has 1 heterocycles. The van der Waals surface area contributed by atoms with E-state index >= 15 is 0 Å². The van der Waals surface area contributed by atoms with Gasteiger partial charge in [0.2, 0.25) is 0 Å². The fourth-order valence-corrected chi connectivity index (χ4v) is 4.95. The summed E-state index contributed by atoms with van der Waals surface area (Å²) in [6.07, 6.45) is 3.08. The molecule has 8 nitrogen and oxygen atoms in total. The number of halogens is 1. The molecule has 0 spiro atoms. The molecule has 0 bridgehead atoms. The number of thiocarbonyl (C=S) groups is 1. The Balaban J connectivity index is 1.77.